The number of H-pyrrole nitrogens is 1. The summed E-state index contributed by atoms with van der Waals surface area (Å²) >= 11 is 0. The number of hydrogen-bond acceptors (Lipinski definition) is 4. The molecule has 0 bridgehead atoms. The Morgan fingerprint density at radius 3 is 2.64 bits per heavy atom. The second-order valence-corrected chi connectivity index (χ2v) is 5.81. The molecule has 0 saturated carbocycles. The minimum absolute atomic E-state index is 0.0103. The van der Waals surface area contributed by atoms with Gasteiger partial charge in [0, 0.05) is 0 Å². The molecule has 0 fully saturated rings. The minimum Gasteiger partial charge on any atom is -0.463 e. The van der Waals surface area contributed by atoms with E-state index in [1.807, 2.05) is 6.92 Å². The molecule has 1 aromatic carbocycles. The molecule has 0 aliphatic carbocycles. The second-order valence-electron chi connectivity index (χ2n) is 5.81. The Balaban J connectivity index is 2.18. The van der Waals surface area contributed by atoms with Crippen LogP contribution in [0.4, 0.5) is 0 Å². The Labute approximate surface area is 127 Å². The summed E-state index contributed by atoms with van der Waals surface area (Å²) in [4.78, 5) is 38.7. The third-order valence-corrected chi connectivity index (χ3v) is 3.87. The summed E-state index contributed by atoms with van der Waals surface area (Å²) < 4.78 is 6.22. The number of rotatable bonds is 5. The number of aromatic nitrogens is 2. The predicted octanol–water partition coefficient (Wildman–Crippen LogP) is 1.67. The normalized spacial score (nSPS) is 11.6. The van der Waals surface area contributed by atoms with Gasteiger partial charge in [-0.15, -0.1) is 0 Å². The van der Waals surface area contributed by atoms with Crippen LogP contribution in [0.15, 0.2) is 33.9 Å². The van der Waals surface area contributed by atoms with Crippen molar-refractivity contribution in [3.05, 3.63) is 45.1 Å². The molecule has 0 atom stereocenters. The van der Waals surface area contributed by atoms with Crippen LogP contribution in [0.25, 0.3) is 10.9 Å². The minimum atomic E-state index is -0.569. The highest BCUT2D eigenvalue weighted by molar-refractivity contribution is 5.77. The van der Waals surface area contributed by atoms with E-state index in [2.05, 4.69) is 4.98 Å². The van der Waals surface area contributed by atoms with Crippen molar-refractivity contribution in [3.8, 4) is 0 Å². The number of esters is 1. The Bertz CT molecular complexity index is 802. The zero-order valence-electron chi connectivity index (χ0n) is 13.0. The van der Waals surface area contributed by atoms with Crippen LogP contribution in [0, 0.1) is 5.41 Å². The summed E-state index contributed by atoms with van der Waals surface area (Å²) in [6.45, 7) is 5.52. The molecule has 0 unspecified atom stereocenters. The Kier molecular flexibility index (Phi) is 4.49. The number of benzene rings is 1. The molecule has 0 radical (unpaired) electrons. The highest BCUT2D eigenvalue weighted by Gasteiger charge is 2.26. The van der Waals surface area contributed by atoms with Gasteiger partial charge in [-0.1, -0.05) is 19.1 Å². The molecule has 1 heterocycles. The molecule has 2 aromatic rings. The molecule has 0 aliphatic rings. The Hall–Kier alpha value is -2.37. The molecule has 0 spiro atoms. The molecule has 0 aliphatic heterocycles. The summed E-state index contributed by atoms with van der Waals surface area (Å²) in [6.07, 6.45) is 0.655. The van der Waals surface area contributed by atoms with E-state index in [1.54, 1.807) is 38.1 Å². The molecule has 0 saturated heterocycles. The van der Waals surface area contributed by atoms with E-state index in [0.29, 0.717) is 17.3 Å². The average Bonchev–Trinajstić information content (AvgIpc) is 2.50. The largest absolute Gasteiger partial charge is 0.463 e. The van der Waals surface area contributed by atoms with E-state index in [1.165, 1.54) is 0 Å². The summed E-state index contributed by atoms with van der Waals surface area (Å²) in [5.41, 5.74) is -0.960. The lowest BCUT2D eigenvalue weighted by molar-refractivity contribution is -0.154. The number of hydrogen-bond donors (Lipinski definition) is 1. The van der Waals surface area contributed by atoms with Gasteiger partial charge in [-0.05, 0) is 32.4 Å². The third kappa shape index (κ3) is 3.10. The summed E-state index contributed by atoms with van der Waals surface area (Å²) in [5, 5.41) is 0.433. The van der Waals surface area contributed by atoms with Crippen molar-refractivity contribution < 1.29 is 9.53 Å². The smallest absolute Gasteiger partial charge is 0.328 e. The van der Waals surface area contributed by atoms with Crippen LogP contribution >= 0.6 is 0 Å². The fourth-order valence-corrected chi connectivity index (χ4v) is 1.97. The number of carbonyl (C=O) groups is 1. The molecule has 1 aromatic heterocycles. The molecule has 1 N–H and O–H groups in total. The molecule has 22 heavy (non-hydrogen) atoms. The molecule has 6 heteroatoms. The standard InChI is InChI=1S/C16H20N2O4/c1-4-16(2,3)14(20)22-10-9-18-13(19)11-7-5-6-8-12(11)17-15(18)21/h5-8H,4,9-10H2,1-3H3,(H,17,21). The van der Waals surface area contributed by atoms with Gasteiger partial charge in [-0.25, -0.2) is 4.79 Å². The maximum absolute atomic E-state index is 12.3. The van der Waals surface area contributed by atoms with Crippen molar-refractivity contribution in [2.24, 2.45) is 5.41 Å². The number of aromatic amines is 1. The monoisotopic (exact) mass is 304 g/mol. The van der Waals surface area contributed by atoms with Crippen LogP contribution < -0.4 is 11.2 Å². The van der Waals surface area contributed by atoms with Gasteiger partial charge < -0.3 is 9.72 Å². The highest BCUT2D eigenvalue weighted by Crippen LogP contribution is 2.21. The zero-order valence-corrected chi connectivity index (χ0v) is 13.0. The lowest BCUT2D eigenvalue weighted by Gasteiger charge is -2.20. The van der Waals surface area contributed by atoms with E-state index in [9.17, 15) is 14.4 Å². The first kappa shape index (κ1) is 16.0. The summed E-state index contributed by atoms with van der Waals surface area (Å²) in [7, 11) is 0. The Morgan fingerprint density at radius 1 is 1.27 bits per heavy atom. The third-order valence-electron chi connectivity index (χ3n) is 3.87. The van der Waals surface area contributed by atoms with Crippen LogP contribution in [0.2, 0.25) is 0 Å². The van der Waals surface area contributed by atoms with Gasteiger partial charge in [0.15, 0.2) is 0 Å². The first-order chi connectivity index (χ1) is 10.4. The Morgan fingerprint density at radius 2 is 1.95 bits per heavy atom. The van der Waals surface area contributed by atoms with Gasteiger partial charge >= 0.3 is 11.7 Å². The quantitative estimate of drug-likeness (QED) is 0.852. The fraction of sp³-hybridized carbons (Fsp3) is 0.438. The van der Waals surface area contributed by atoms with E-state index in [4.69, 9.17) is 4.74 Å². The van der Waals surface area contributed by atoms with Gasteiger partial charge in [0.05, 0.1) is 22.9 Å². The molecule has 6 nitrogen and oxygen atoms in total. The number of para-hydroxylation sites is 1. The number of nitrogens with one attached hydrogen (secondary N) is 1. The van der Waals surface area contributed by atoms with Crippen molar-refractivity contribution in [2.75, 3.05) is 6.61 Å². The van der Waals surface area contributed by atoms with Crippen molar-refractivity contribution in [1.29, 1.82) is 0 Å². The van der Waals surface area contributed by atoms with E-state index in [-0.39, 0.29) is 24.7 Å². The van der Waals surface area contributed by atoms with Crippen LogP contribution in [0.5, 0.6) is 0 Å². The fourth-order valence-electron chi connectivity index (χ4n) is 1.97. The van der Waals surface area contributed by atoms with Crippen LogP contribution in [0.1, 0.15) is 27.2 Å². The maximum atomic E-state index is 12.3. The van der Waals surface area contributed by atoms with Crippen molar-refractivity contribution in [3.63, 3.8) is 0 Å². The number of ether oxygens (including phenoxy) is 1. The van der Waals surface area contributed by atoms with Crippen molar-refractivity contribution in [1.82, 2.24) is 9.55 Å². The average molecular weight is 304 g/mol. The van der Waals surface area contributed by atoms with Crippen LogP contribution in [0.3, 0.4) is 0 Å². The predicted molar refractivity (Wildman–Crippen MR) is 83.9 cm³/mol. The van der Waals surface area contributed by atoms with Gasteiger partial charge in [0.1, 0.15) is 6.61 Å². The van der Waals surface area contributed by atoms with Crippen LogP contribution in [-0.2, 0) is 16.1 Å². The van der Waals surface area contributed by atoms with Crippen molar-refractivity contribution in [2.45, 2.75) is 33.7 Å². The SMILES string of the molecule is CCC(C)(C)C(=O)OCCn1c(=O)[nH]c2ccccc2c1=O. The van der Waals surface area contributed by atoms with E-state index in [0.717, 1.165) is 4.57 Å². The molecular formula is C16H20N2O4. The van der Waals surface area contributed by atoms with Crippen LogP contribution in [-0.4, -0.2) is 22.1 Å². The molecule has 0 amide bonds. The summed E-state index contributed by atoms with van der Waals surface area (Å²) in [5.74, 6) is -0.333. The molecule has 118 valence electrons. The number of fused-ring (bicyclic) bond motifs is 1. The molecule has 2 rings (SSSR count). The second kappa shape index (κ2) is 6.17. The van der Waals surface area contributed by atoms with Gasteiger partial charge in [0.25, 0.3) is 5.56 Å². The van der Waals surface area contributed by atoms with Gasteiger partial charge in [0.2, 0.25) is 0 Å². The van der Waals surface area contributed by atoms with E-state index < -0.39 is 11.1 Å². The molecular weight excluding hydrogens is 284 g/mol. The van der Waals surface area contributed by atoms with Gasteiger partial charge in [-0.3, -0.25) is 14.2 Å². The van der Waals surface area contributed by atoms with Crippen molar-refractivity contribution >= 4 is 16.9 Å². The first-order valence-corrected chi connectivity index (χ1v) is 7.26. The lowest BCUT2D eigenvalue weighted by Crippen LogP contribution is -2.37. The van der Waals surface area contributed by atoms with Gasteiger partial charge in [-0.2, -0.15) is 0 Å². The number of nitrogens with zero attached hydrogens (tertiary/aromatic N) is 1. The first-order valence-electron chi connectivity index (χ1n) is 7.26. The maximum Gasteiger partial charge on any atom is 0.328 e. The lowest BCUT2D eigenvalue weighted by atomic mass is 9.91. The number of carbonyl (C=O) groups excluding carboxylic acids is 1. The topological polar surface area (TPSA) is 81.2 Å². The van der Waals surface area contributed by atoms with E-state index >= 15 is 0 Å². The summed E-state index contributed by atoms with van der Waals surface area (Å²) in [6, 6.07) is 6.80. The highest BCUT2D eigenvalue weighted by atomic mass is 16.5. The zero-order chi connectivity index (χ0) is 16.3.